The van der Waals surface area contributed by atoms with Gasteiger partial charge in [-0.3, -0.25) is 4.98 Å². The van der Waals surface area contributed by atoms with Gasteiger partial charge in [0.1, 0.15) is 5.69 Å². The first-order valence-electron chi connectivity index (χ1n) is 12.9. The average molecular weight is 566 g/mol. The number of benzene rings is 1. The summed E-state index contributed by atoms with van der Waals surface area (Å²) < 4.78 is 67.6. The Morgan fingerprint density at radius 1 is 1.08 bits per heavy atom. The Morgan fingerprint density at radius 2 is 1.87 bits per heavy atom. The first-order chi connectivity index (χ1) is 18.7. The fraction of sp³-hybridized carbons (Fsp3) is 0.500. The van der Waals surface area contributed by atoms with Gasteiger partial charge in [-0.25, -0.2) is 23.1 Å². The number of fused-ring (bicyclic) bond motifs is 1. The molecule has 13 heteroatoms. The van der Waals surface area contributed by atoms with Crippen molar-refractivity contribution in [2.24, 2.45) is 5.41 Å². The van der Waals surface area contributed by atoms with Crippen molar-refractivity contribution in [1.82, 2.24) is 24.6 Å². The van der Waals surface area contributed by atoms with E-state index in [0.717, 1.165) is 70.3 Å². The lowest BCUT2D eigenvalue weighted by molar-refractivity contribution is -0.141. The Morgan fingerprint density at radius 3 is 2.51 bits per heavy atom. The standard InChI is InChI=1S/C26H28F5N7S/c27-23(28)16-9-17-11-34-24(36-22(17)20(10-16)37-14-25(15-37)5-6-32-13-25)35-18-3-7-38(8-4-18)39-19-1-2-21(33-12-19)26(29,30)31/h1-2,9-12,18,23,32H,3-8,13-15H2,(H,34,35,36). The van der Waals surface area contributed by atoms with Gasteiger partial charge in [0.2, 0.25) is 5.95 Å². The lowest BCUT2D eigenvalue weighted by Gasteiger charge is -2.49. The van der Waals surface area contributed by atoms with Crippen LogP contribution in [0.25, 0.3) is 10.9 Å². The highest BCUT2D eigenvalue weighted by molar-refractivity contribution is 7.97. The SMILES string of the molecule is FC(F)c1cc(N2CC3(CCNC3)C2)c2nc(NC3CCN(Sc4ccc(C(F)(F)F)nc4)CC3)ncc2c1. The second-order valence-electron chi connectivity index (χ2n) is 10.6. The predicted octanol–water partition coefficient (Wildman–Crippen LogP) is 5.36. The van der Waals surface area contributed by atoms with Crippen molar-refractivity contribution >= 4 is 34.5 Å². The molecule has 3 aromatic rings. The molecular formula is C26H28F5N7S. The third-order valence-corrected chi connectivity index (χ3v) is 8.79. The van der Waals surface area contributed by atoms with Gasteiger partial charge in [0.15, 0.2) is 0 Å². The van der Waals surface area contributed by atoms with Crippen molar-refractivity contribution in [3.05, 3.63) is 47.9 Å². The van der Waals surface area contributed by atoms with Crippen LogP contribution in [0.4, 0.5) is 33.6 Å². The maximum atomic E-state index is 13.6. The van der Waals surface area contributed by atoms with Gasteiger partial charge in [-0.05, 0) is 62.0 Å². The summed E-state index contributed by atoms with van der Waals surface area (Å²) in [6.07, 6.45) is -1.49. The normalized spacial score (nSPS) is 20.2. The van der Waals surface area contributed by atoms with Gasteiger partial charge in [-0.15, -0.1) is 0 Å². The molecule has 0 amide bonds. The number of hydrogen-bond donors (Lipinski definition) is 2. The molecule has 0 bridgehead atoms. The summed E-state index contributed by atoms with van der Waals surface area (Å²) >= 11 is 1.39. The molecule has 0 unspecified atom stereocenters. The van der Waals surface area contributed by atoms with Crippen LogP contribution in [0.1, 0.15) is 36.9 Å². The van der Waals surface area contributed by atoms with Crippen LogP contribution >= 0.6 is 11.9 Å². The number of alkyl halides is 5. The van der Waals surface area contributed by atoms with Crippen LogP contribution in [0.15, 0.2) is 41.6 Å². The summed E-state index contributed by atoms with van der Waals surface area (Å²) in [7, 11) is 0. The highest BCUT2D eigenvalue weighted by Crippen LogP contribution is 2.42. The minimum absolute atomic E-state index is 0.0274. The first-order valence-corrected chi connectivity index (χ1v) is 13.7. The van der Waals surface area contributed by atoms with E-state index in [1.807, 2.05) is 0 Å². The molecular weight excluding hydrogens is 537 g/mol. The van der Waals surface area contributed by atoms with Crippen LogP contribution in [-0.2, 0) is 6.18 Å². The molecule has 1 aromatic carbocycles. The fourth-order valence-electron chi connectivity index (χ4n) is 5.61. The van der Waals surface area contributed by atoms with Crippen LogP contribution in [0.5, 0.6) is 0 Å². The molecule has 208 valence electrons. The average Bonchev–Trinajstić information content (AvgIpc) is 3.39. The summed E-state index contributed by atoms with van der Waals surface area (Å²) in [5.74, 6) is 0.462. The molecule has 0 atom stereocenters. The lowest BCUT2D eigenvalue weighted by Crippen LogP contribution is -2.57. The van der Waals surface area contributed by atoms with Gasteiger partial charge in [0.05, 0.1) is 11.2 Å². The van der Waals surface area contributed by atoms with E-state index in [-0.39, 0.29) is 17.0 Å². The molecule has 3 saturated heterocycles. The Labute approximate surface area is 226 Å². The number of halogens is 5. The topological polar surface area (TPSA) is 69.2 Å². The molecule has 5 heterocycles. The van der Waals surface area contributed by atoms with Gasteiger partial charge in [0, 0.05) is 72.4 Å². The Hall–Kier alpha value is -2.77. The van der Waals surface area contributed by atoms with E-state index < -0.39 is 18.3 Å². The zero-order valence-electron chi connectivity index (χ0n) is 21.0. The van der Waals surface area contributed by atoms with Crippen molar-refractivity contribution < 1.29 is 22.0 Å². The summed E-state index contributed by atoms with van der Waals surface area (Å²) in [6.45, 7) is 5.02. The van der Waals surface area contributed by atoms with Gasteiger partial charge in [-0.1, -0.05) is 0 Å². The summed E-state index contributed by atoms with van der Waals surface area (Å²) in [6, 6.07) is 5.58. The molecule has 7 nitrogen and oxygen atoms in total. The highest BCUT2D eigenvalue weighted by atomic mass is 32.2. The maximum Gasteiger partial charge on any atom is 0.433 e. The quantitative estimate of drug-likeness (QED) is 0.306. The van der Waals surface area contributed by atoms with Gasteiger partial charge in [-0.2, -0.15) is 13.2 Å². The van der Waals surface area contributed by atoms with Crippen LogP contribution < -0.4 is 15.5 Å². The Bertz CT molecular complexity index is 1310. The molecule has 2 aromatic heterocycles. The van der Waals surface area contributed by atoms with Crippen molar-refractivity contribution in [3.63, 3.8) is 0 Å². The third kappa shape index (κ3) is 5.62. The maximum absolute atomic E-state index is 13.6. The number of nitrogens with zero attached hydrogens (tertiary/aromatic N) is 5. The molecule has 39 heavy (non-hydrogen) atoms. The highest BCUT2D eigenvalue weighted by Gasteiger charge is 2.45. The van der Waals surface area contributed by atoms with Crippen molar-refractivity contribution in [1.29, 1.82) is 0 Å². The minimum atomic E-state index is -4.45. The number of pyridine rings is 1. The van der Waals surface area contributed by atoms with Gasteiger partial charge >= 0.3 is 6.18 Å². The number of rotatable bonds is 6. The fourth-order valence-corrected chi connectivity index (χ4v) is 6.53. The number of piperidine rings is 1. The third-order valence-electron chi connectivity index (χ3n) is 7.71. The van der Waals surface area contributed by atoms with Gasteiger partial charge in [0.25, 0.3) is 6.43 Å². The molecule has 1 spiro atoms. The molecule has 3 aliphatic heterocycles. The number of aromatic nitrogens is 3. The summed E-state index contributed by atoms with van der Waals surface area (Å²) in [5.41, 5.74) is 0.676. The Balaban J connectivity index is 1.11. The lowest BCUT2D eigenvalue weighted by atomic mass is 9.78. The van der Waals surface area contributed by atoms with Gasteiger partial charge < -0.3 is 15.5 Å². The van der Waals surface area contributed by atoms with Crippen LogP contribution in [0, 0.1) is 5.41 Å². The second kappa shape index (κ2) is 10.3. The molecule has 0 radical (unpaired) electrons. The van der Waals surface area contributed by atoms with Crippen molar-refractivity contribution in [2.45, 2.75) is 42.8 Å². The number of hydrogen-bond acceptors (Lipinski definition) is 8. The monoisotopic (exact) mass is 565 g/mol. The van der Waals surface area contributed by atoms with Crippen LogP contribution in [0.2, 0.25) is 0 Å². The van der Waals surface area contributed by atoms with E-state index in [9.17, 15) is 22.0 Å². The molecule has 3 aliphatic rings. The molecule has 2 N–H and O–H groups in total. The minimum Gasteiger partial charge on any atom is -0.368 e. The van der Waals surface area contributed by atoms with Crippen LogP contribution in [-0.4, -0.2) is 64.6 Å². The summed E-state index contributed by atoms with van der Waals surface area (Å²) in [5, 5.41) is 7.39. The van der Waals surface area contributed by atoms with E-state index in [0.29, 0.717) is 21.7 Å². The smallest absolute Gasteiger partial charge is 0.368 e. The Kier molecular flexibility index (Phi) is 7.00. The van der Waals surface area contributed by atoms with E-state index in [1.165, 1.54) is 30.3 Å². The number of anilines is 2. The predicted molar refractivity (Wildman–Crippen MR) is 140 cm³/mol. The van der Waals surface area contributed by atoms with Crippen LogP contribution in [0.3, 0.4) is 0 Å². The first kappa shape index (κ1) is 26.5. The molecule has 6 rings (SSSR count). The zero-order valence-corrected chi connectivity index (χ0v) is 21.8. The van der Waals surface area contributed by atoms with Crippen molar-refractivity contribution in [2.75, 3.05) is 49.5 Å². The van der Waals surface area contributed by atoms with E-state index in [1.54, 1.807) is 12.3 Å². The largest absolute Gasteiger partial charge is 0.433 e. The molecule has 3 fully saturated rings. The number of nitrogens with one attached hydrogen (secondary N) is 2. The summed E-state index contributed by atoms with van der Waals surface area (Å²) in [4.78, 5) is 15.5. The van der Waals surface area contributed by atoms with Crippen molar-refractivity contribution in [3.8, 4) is 0 Å². The van der Waals surface area contributed by atoms with E-state index >= 15 is 0 Å². The van der Waals surface area contributed by atoms with E-state index in [4.69, 9.17) is 4.98 Å². The molecule has 0 aliphatic carbocycles. The molecule has 0 saturated carbocycles. The second-order valence-corrected chi connectivity index (χ2v) is 11.7. The van der Waals surface area contributed by atoms with E-state index in [2.05, 4.69) is 29.8 Å². The zero-order chi connectivity index (χ0) is 27.2.